The van der Waals surface area contributed by atoms with Crippen molar-refractivity contribution in [3.8, 4) is 18.4 Å². The van der Waals surface area contributed by atoms with E-state index in [1.54, 1.807) is 12.3 Å². The van der Waals surface area contributed by atoms with Gasteiger partial charge < -0.3 is 9.88 Å². The van der Waals surface area contributed by atoms with Gasteiger partial charge in [-0.2, -0.15) is 5.26 Å². The maximum atomic E-state index is 13.0. The van der Waals surface area contributed by atoms with Gasteiger partial charge in [0.2, 0.25) is 15.7 Å². The SMILES string of the molecule is C#CCn1cc(/C=C(\C#N)S(=O)(=O)c2ccc(NC(C)=O)cc2)c2ccccc21. The second-order valence-corrected chi connectivity index (χ2v) is 8.18. The molecular formula is C22H17N3O3S. The molecule has 2 aromatic carbocycles. The minimum absolute atomic E-state index is 0.0354. The molecule has 144 valence electrons. The third-order valence-corrected chi connectivity index (χ3v) is 5.93. The number of nitrogens with one attached hydrogen (secondary N) is 1. The van der Waals surface area contributed by atoms with E-state index in [1.807, 2.05) is 28.8 Å². The highest BCUT2D eigenvalue weighted by Gasteiger charge is 2.21. The highest BCUT2D eigenvalue weighted by molar-refractivity contribution is 7.95. The van der Waals surface area contributed by atoms with Crippen molar-refractivity contribution >= 4 is 38.4 Å². The second kappa shape index (κ2) is 8.05. The number of allylic oxidation sites excluding steroid dienone is 1. The van der Waals surface area contributed by atoms with Crippen LogP contribution in [0.5, 0.6) is 0 Å². The molecule has 0 aliphatic rings. The van der Waals surface area contributed by atoms with Crippen molar-refractivity contribution in [2.24, 2.45) is 0 Å². The summed E-state index contributed by atoms with van der Waals surface area (Å²) in [5.74, 6) is 2.30. The number of hydrogen-bond donors (Lipinski definition) is 1. The number of anilines is 1. The smallest absolute Gasteiger partial charge is 0.221 e. The molecule has 1 aromatic heterocycles. The Bertz CT molecular complexity index is 1300. The summed E-state index contributed by atoms with van der Waals surface area (Å²) in [4.78, 5) is 10.7. The Kier molecular flexibility index (Phi) is 5.54. The molecule has 1 amide bonds. The van der Waals surface area contributed by atoms with E-state index in [1.165, 1.54) is 37.3 Å². The van der Waals surface area contributed by atoms with Crippen LogP contribution in [0, 0.1) is 23.7 Å². The normalized spacial score (nSPS) is 11.6. The van der Waals surface area contributed by atoms with Crippen molar-refractivity contribution in [1.82, 2.24) is 4.57 Å². The summed E-state index contributed by atoms with van der Waals surface area (Å²) < 4.78 is 27.7. The van der Waals surface area contributed by atoms with Crippen LogP contribution in [0.25, 0.3) is 17.0 Å². The molecule has 0 saturated heterocycles. The number of amides is 1. The quantitative estimate of drug-likeness (QED) is 0.521. The number of terminal acetylenes is 1. The molecule has 0 spiro atoms. The van der Waals surface area contributed by atoms with Crippen LogP contribution in [0.3, 0.4) is 0 Å². The number of carbonyl (C=O) groups excluding carboxylic acids is 1. The highest BCUT2D eigenvalue weighted by Crippen LogP contribution is 2.27. The average Bonchev–Trinajstić information content (AvgIpc) is 3.04. The molecule has 3 aromatic rings. The largest absolute Gasteiger partial charge is 0.335 e. The zero-order valence-corrected chi connectivity index (χ0v) is 16.4. The lowest BCUT2D eigenvalue weighted by atomic mass is 10.1. The molecule has 0 radical (unpaired) electrons. The molecule has 1 heterocycles. The number of sulfone groups is 1. The molecule has 0 aliphatic heterocycles. The van der Waals surface area contributed by atoms with Gasteiger partial charge in [0.05, 0.1) is 11.4 Å². The zero-order chi connectivity index (χ0) is 21.0. The van der Waals surface area contributed by atoms with Crippen molar-refractivity contribution in [3.63, 3.8) is 0 Å². The van der Waals surface area contributed by atoms with Crippen LogP contribution in [0.1, 0.15) is 12.5 Å². The lowest BCUT2D eigenvalue weighted by Crippen LogP contribution is -2.07. The van der Waals surface area contributed by atoms with Gasteiger partial charge in [0.25, 0.3) is 0 Å². The maximum absolute atomic E-state index is 13.0. The van der Waals surface area contributed by atoms with E-state index in [0.717, 1.165) is 10.9 Å². The standard InChI is InChI=1S/C22H17N3O3S/c1-3-12-25-15-17(21-6-4-5-7-22(21)25)13-20(14-23)29(27,28)19-10-8-18(9-11-19)24-16(2)26/h1,4-11,13,15H,12H2,2H3,(H,24,26)/b20-13+. The summed E-state index contributed by atoms with van der Waals surface area (Å²) in [7, 11) is -4.03. The van der Waals surface area contributed by atoms with Crippen LogP contribution in [0.2, 0.25) is 0 Å². The molecule has 0 bridgehead atoms. The number of benzene rings is 2. The van der Waals surface area contributed by atoms with Gasteiger partial charge in [-0.15, -0.1) is 6.42 Å². The summed E-state index contributed by atoms with van der Waals surface area (Å²) in [5.41, 5.74) is 1.91. The van der Waals surface area contributed by atoms with Crippen molar-refractivity contribution in [3.05, 3.63) is 65.2 Å². The Morgan fingerprint density at radius 1 is 1.21 bits per heavy atom. The second-order valence-electron chi connectivity index (χ2n) is 6.26. The summed E-state index contributed by atoms with van der Waals surface area (Å²) in [6, 6.07) is 14.9. The Balaban J connectivity index is 2.06. The molecule has 6 nitrogen and oxygen atoms in total. The number of aromatic nitrogens is 1. The molecule has 0 atom stereocenters. The van der Waals surface area contributed by atoms with E-state index in [-0.39, 0.29) is 15.7 Å². The van der Waals surface area contributed by atoms with Crippen molar-refractivity contribution in [2.45, 2.75) is 18.4 Å². The maximum Gasteiger partial charge on any atom is 0.221 e. The molecule has 0 aliphatic carbocycles. The van der Waals surface area contributed by atoms with Gasteiger partial charge in [0.1, 0.15) is 11.0 Å². The zero-order valence-electron chi connectivity index (χ0n) is 15.6. The number of para-hydroxylation sites is 1. The van der Waals surface area contributed by atoms with Crippen molar-refractivity contribution in [2.75, 3.05) is 5.32 Å². The van der Waals surface area contributed by atoms with Gasteiger partial charge in [-0.25, -0.2) is 8.42 Å². The van der Waals surface area contributed by atoms with E-state index in [2.05, 4.69) is 11.2 Å². The third kappa shape index (κ3) is 4.06. The Morgan fingerprint density at radius 2 is 1.90 bits per heavy atom. The van der Waals surface area contributed by atoms with E-state index >= 15 is 0 Å². The van der Waals surface area contributed by atoms with Gasteiger partial charge in [-0.1, -0.05) is 24.1 Å². The fraction of sp³-hybridized carbons (Fsp3) is 0.0909. The van der Waals surface area contributed by atoms with E-state index in [4.69, 9.17) is 6.42 Å². The number of fused-ring (bicyclic) bond motifs is 1. The minimum atomic E-state index is -4.03. The molecule has 29 heavy (non-hydrogen) atoms. The summed E-state index contributed by atoms with van der Waals surface area (Å²) in [6.07, 6.45) is 8.50. The molecule has 0 unspecified atom stereocenters. The molecule has 7 heteroatoms. The first-order valence-electron chi connectivity index (χ1n) is 8.62. The first-order chi connectivity index (χ1) is 13.9. The van der Waals surface area contributed by atoms with Gasteiger partial charge in [0.15, 0.2) is 0 Å². The third-order valence-electron chi connectivity index (χ3n) is 4.25. The van der Waals surface area contributed by atoms with Crippen LogP contribution in [-0.2, 0) is 21.2 Å². The fourth-order valence-corrected chi connectivity index (χ4v) is 4.13. The molecule has 0 saturated carbocycles. The number of nitriles is 1. The van der Waals surface area contributed by atoms with E-state index < -0.39 is 9.84 Å². The molecule has 1 N–H and O–H groups in total. The van der Waals surface area contributed by atoms with E-state index in [9.17, 15) is 18.5 Å². The van der Waals surface area contributed by atoms with Crippen molar-refractivity contribution in [1.29, 1.82) is 5.26 Å². The van der Waals surface area contributed by atoms with Crippen LogP contribution < -0.4 is 5.32 Å². The van der Waals surface area contributed by atoms with Crippen LogP contribution in [0.4, 0.5) is 5.69 Å². The number of hydrogen-bond acceptors (Lipinski definition) is 4. The average molecular weight is 403 g/mol. The van der Waals surface area contributed by atoms with Crippen LogP contribution >= 0.6 is 0 Å². The molecule has 0 fully saturated rings. The summed E-state index contributed by atoms with van der Waals surface area (Å²) in [5, 5.41) is 12.9. The number of nitrogens with zero attached hydrogens (tertiary/aromatic N) is 2. The summed E-state index contributed by atoms with van der Waals surface area (Å²) >= 11 is 0. The Hall–Kier alpha value is -3.81. The predicted octanol–water partition coefficient (Wildman–Crippen LogP) is 3.57. The summed E-state index contributed by atoms with van der Waals surface area (Å²) in [6.45, 7) is 1.69. The monoisotopic (exact) mass is 403 g/mol. The fourth-order valence-electron chi connectivity index (χ4n) is 2.98. The van der Waals surface area contributed by atoms with Crippen LogP contribution in [-0.4, -0.2) is 18.9 Å². The first kappa shape index (κ1) is 19.9. The lowest BCUT2D eigenvalue weighted by Gasteiger charge is -2.05. The Labute approximate surface area is 169 Å². The highest BCUT2D eigenvalue weighted by atomic mass is 32.2. The van der Waals surface area contributed by atoms with Gasteiger partial charge >= 0.3 is 0 Å². The van der Waals surface area contributed by atoms with E-state index in [0.29, 0.717) is 17.8 Å². The molecular weight excluding hydrogens is 386 g/mol. The van der Waals surface area contributed by atoms with Gasteiger partial charge in [-0.05, 0) is 36.4 Å². The predicted molar refractivity (Wildman–Crippen MR) is 112 cm³/mol. The molecule has 3 rings (SSSR count). The van der Waals surface area contributed by atoms with Gasteiger partial charge in [0, 0.05) is 35.3 Å². The number of carbonyl (C=O) groups is 1. The van der Waals surface area contributed by atoms with Gasteiger partial charge in [-0.3, -0.25) is 4.79 Å². The minimum Gasteiger partial charge on any atom is -0.335 e. The number of rotatable bonds is 5. The van der Waals surface area contributed by atoms with Crippen LogP contribution in [0.15, 0.2) is 64.5 Å². The lowest BCUT2D eigenvalue weighted by molar-refractivity contribution is -0.114. The van der Waals surface area contributed by atoms with Crippen molar-refractivity contribution < 1.29 is 13.2 Å². The Morgan fingerprint density at radius 3 is 2.52 bits per heavy atom. The first-order valence-corrected chi connectivity index (χ1v) is 10.1. The topological polar surface area (TPSA) is 92.0 Å².